The van der Waals surface area contributed by atoms with E-state index in [4.69, 9.17) is 10.1 Å². The minimum atomic E-state index is -3.37. The van der Waals surface area contributed by atoms with Crippen molar-refractivity contribution in [3.05, 3.63) is 71.4 Å². The number of pyridine rings is 1. The molecular formula is C23H27FN4O2S. The van der Waals surface area contributed by atoms with Gasteiger partial charge in [0, 0.05) is 29.4 Å². The third kappa shape index (κ3) is 5.02. The van der Waals surface area contributed by atoms with E-state index in [0.717, 1.165) is 23.5 Å². The Bertz CT molecular complexity index is 1190. The summed E-state index contributed by atoms with van der Waals surface area (Å²) in [6.07, 6.45) is 3.16. The molecule has 1 aromatic carbocycles. The number of fused-ring (bicyclic) bond motifs is 1. The van der Waals surface area contributed by atoms with Crippen LogP contribution in [-0.2, 0) is 22.9 Å². The maximum atomic E-state index is 13.7. The van der Waals surface area contributed by atoms with E-state index in [1.165, 1.54) is 18.4 Å². The van der Waals surface area contributed by atoms with Gasteiger partial charge in [-0.1, -0.05) is 32.0 Å². The number of hydrogen-bond acceptors (Lipinski definition) is 4. The number of aromatic nitrogens is 3. The van der Waals surface area contributed by atoms with Gasteiger partial charge in [-0.05, 0) is 49.1 Å². The standard InChI is InChI=1S/C23H27FN4O2S/c1-15(2)22-14-19-10-11-21(27-31(3,29)30)23(28(19)26-22)13-18-8-5-9-20(25-18)16-6-4-7-17(24)12-16/h4-9,12,14-15,21,23,27H,10-11,13H2,1-3H3/t21-,23-/m0/s1. The van der Waals surface area contributed by atoms with Gasteiger partial charge in [-0.25, -0.2) is 17.5 Å². The number of hydrogen-bond donors (Lipinski definition) is 1. The van der Waals surface area contributed by atoms with Gasteiger partial charge in [0.05, 0.1) is 23.7 Å². The molecule has 0 spiro atoms. The first kappa shape index (κ1) is 21.6. The summed E-state index contributed by atoms with van der Waals surface area (Å²) in [5.74, 6) is -0.0219. The van der Waals surface area contributed by atoms with Crippen LogP contribution in [0.1, 0.15) is 49.3 Å². The summed E-state index contributed by atoms with van der Waals surface area (Å²) in [6.45, 7) is 4.19. The van der Waals surface area contributed by atoms with Gasteiger partial charge in [0.1, 0.15) is 5.82 Å². The smallest absolute Gasteiger partial charge is 0.209 e. The Morgan fingerprint density at radius 2 is 1.97 bits per heavy atom. The van der Waals surface area contributed by atoms with Crippen LogP contribution >= 0.6 is 0 Å². The molecule has 164 valence electrons. The Balaban J connectivity index is 1.69. The molecular weight excluding hydrogens is 415 g/mol. The van der Waals surface area contributed by atoms with E-state index in [-0.39, 0.29) is 23.8 Å². The number of halogens is 1. The third-order valence-electron chi connectivity index (χ3n) is 5.62. The van der Waals surface area contributed by atoms with Gasteiger partial charge in [0.2, 0.25) is 10.0 Å². The lowest BCUT2D eigenvalue weighted by Gasteiger charge is -2.33. The molecule has 8 heteroatoms. The molecule has 1 aliphatic heterocycles. The summed E-state index contributed by atoms with van der Waals surface area (Å²) in [5.41, 5.74) is 4.31. The fraction of sp³-hybridized carbons (Fsp3) is 0.391. The molecule has 31 heavy (non-hydrogen) atoms. The highest BCUT2D eigenvalue weighted by Gasteiger charge is 2.33. The van der Waals surface area contributed by atoms with Gasteiger partial charge < -0.3 is 0 Å². The van der Waals surface area contributed by atoms with Crippen molar-refractivity contribution in [3.8, 4) is 11.3 Å². The zero-order valence-corrected chi connectivity index (χ0v) is 18.7. The maximum absolute atomic E-state index is 13.7. The van der Waals surface area contributed by atoms with E-state index in [2.05, 4.69) is 24.6 Å². The highest BCUT2D eigenvalue weighted by atomic mass is 32.2. The van der Waals surface area contributed by atoms with Crippen LogP contribution in [0.15, 0.2) is 48.5 Å². The Hall–Kier alpha value is -2.58. The van der Waals surface area contributed by atoms with Crippen LogP contribution in [0, 0.1) is 5.82 Å². The summed E-state index contributed by atoms with van der Waals surface area (Å²) < 4.78 is 42.4. The second-order valence-electron chi connectivity index (χ2n) is 8.49. The van der Waals surface area contributed by atoms with E-state index in [9.17, 15) is 12.8 Å². The molecule has 3 aromatic rings. The zero-order chi connectivity index (χ0) is 22.2. The first-order chi connectivity index (χ1) is 14.7. The highest BCUT2D eigenvalue weighted by molar-refractivity contribution is 7.88. The molecule has 0 fully saturated rings. The molecule has 1 aliphatic rings. The van der Waals surface area contributed by atoms with Gasteiger partial charge in [-0.2, -0.15) is 5.10 Å². The van der Waals surface area contributed by atoms with Crippen molar-refractivity contribution >= 4 is 10.0 Å². The van der Waals surface area contributed by atoms with Crippen LogP contribution in [-0.4, -0.2) is 35.5 Å². The van der Waals surface area contributed by atoms with Crippen LogP contribution < -0.4 is 4.72 Å². The van der Waals surface area contributed by atoms with Gasteiger partial charge in [0.15, 0.2) is 0 Å². The van der Waals surface area contributed by atoms with Crippen molar-refractivity contribution in [3.63, 3.8) is 0 Å². The van der Waals surface area contributed by atoms with Crippen LogP contribution in [0.5, 0.6) is 0 Å². The predicted molar refractivity (Wildman–Crippen MR) is 119 cm³/mol. The number of benzene rings is 1. The molecule has 0 unspecified atom stereocenters. The normalized spacial score (nSPS) is 18.9. The Kier molecular flexibility index (Phi) is 5.94. The molecule has 0 aliphatic carbocycles. The molecule has 6 nitrogen and oxygen atoms in total. The van der Waals surface area contributed by atoms with Gasteiger partial charge in [-0.3, -0.25) is 9.67 Å². The zero-order valence-electron chi connectivity index (χ0n) is 17.9. The van der Waals surface area contributed by atoms with Crippen LogP contribution in [0.25, 0.3) is 11.3 Å². The monoisotopic (exact) mass is 442 g/mol. The van der Waals surface area contributed by atoms with Gasteiger partial charge in [-0.15, -0.1) is 0 Å². The number of nitrogens with one attached hydrogen (secondary N) is 1. The van der Waals surface area contributed by atoms with E-state index in [0.29, 0.717) is 24.1 Å². The molecule has 3 heterocycles. The second-order valence-corrected chi connectivity index (χ2v) is 10.3. The minimum absolute atomic E-state index is 0.193. The molecule has 0 bridgehead atoms. The Labute approximate surface area is 182 Å². The minimum Gasteiger partial charge on any atom is -0.264 e. The van der Waals surface area contributed by atoms with Crippen molar-refractivity contribution in [2.75, 3.05) is 6.26 Å². The van der Waals surface area contributed by atoms with Crippen LogP contribution in [0.2, 0.25) is 0 Å². The average Bonchev–Trinajstić information content (AvgIpc) is 3.14. The summed E-state index contributed by atoms with van der Waals surface area (Å²) in [6, 6.07) is 13.7. The van der Waals surface area contributed by atoms with E-state index in [1.54, 1.807) is 6.07 Å². The Morgan fingerprint density at radius 3 is 2.68 bits per heavy atom. The third-order valence-corrected chi connectivity index (χ3v) is 6.36. The first-order valence-electron chi connectivity index (χ1n) is 10.5. The summed E-state index contributed by atoms with van der Waals surface area (Å²) in [7, 11) is -3.37. The molecule has 2 aromatic heterocycles. The Morgan fingerprint density at radius 1 is 1.19 bits per heavy atom. The quantitative estimate of drug-likeness (QED) is 0.629. The highest BCUT2D eigenvalue weighted by Crippen LogP contribution is 2.31. The lowest BCUT2D eigenvalue weighted by Crippen LogP contribution is -2.45. The van der Waals surface area contributed by atoms with Gasteiger partial charge in [0.25, 0.3) is 0 Å². The number of rotatable bonds is 6. The van der Waals surface area contributed by atoms with Crippen LogP contribution in [0.3, 0.4) is 0 Å². The van der Waals surface area contributed by atoms with Crippen LogP contribution in [0.4, 0.5) is 4.39 Å². The SMILES string of the molecule is CC(C)c1cc2n(n1)[C@@H](Cc1cccc(-c3cccc(F)c3)n1)[C@@H](NS(C)(=O)=O)CC2. The molecule has 4 rings (SSSR count). The molecule has 0 amide bonds. The molecule has 2 atom stereocenters. The van der Waals surface area contributed by atoms with E-state index >= 15 is 0 Å². The first-order valence-corrected chi connectivity index (χ1v) is 12.4. The van der Waals surface area contributed by atoms with Crippen molar-refractivity contribution in [2.45, 2.75) is 51.1 Å². The summed E-state index contributed by atoms with van der Waals surface area (Å²) in [4.78, 5) is 4.74. The maximum Gasteiger partial charge on any atom is 0.209 e. The van der Waals surface area contributed by atoms with E-state index < -0.39 is 10.0 Å². The average molecular weight is 443 g/mol. The number of nitrogens with zero attached hydrogens (tertiary/aromatic N) is 3. The largest absolute Gasteiger partial charge is 0.264 e. The predicted octanol–water partition coefficient (Wildman–Crippen LogP) is 3.86. The van der Waals surface area contributed by atoms with Crippen molar-refractivity contribution < 1.29 is 12.8 Å². The molecule has 1 N–H and O–H groups in total. The van der Waals surface area contributed by atoms with Crippen molar-refractivity contribution in [2.24, 2.45) is 0 Å². The fourth-order valence-electron chi connectivity index (χ4n) is 4.13. The summed E-state index contributed by atoms with van der Waals surface area (Å²) >= 11 is 0. The van der Waals surface area contributed by atoms with Crippen molar-refractivity contribution in [1.29, 1.82) is 0 Å². The summed E-state index contributed by atoms with van der Waals surface area (Å²) in [5, 5.41) is 4.80. The lowest BCUT2D eigenvalue weighted by molar-refractivity contribution is 0.296. The number of sulfonamides is 1. The fourth-order valence-corrected chi connectivity index (χ4v) is 4.96. The topological polar surface area (TPSA) is 76.9 Å². The van der Waals surface area contributed by atoms with E-state index in [1.807, 2.05) is 28.9 Å². The molecule has 0 saturated heterocycles. The molecule has 0 saturated carbocycles. The lowest BCUT2D eigenvalue weighted by atomic mass is 9.94. The number of aryl methyl sites for hydroxylation is 1. The second kappa shape index (κ2) is 8.51. The van der Waals surface area contributed by atoms with Crippen molar-refractivity contribution in [1.82, 2.24) is 19.5 Å². The molecule has 0 radical (unpaired) electrons. The van der Waals surface area contributed by atoms with Gasteiger partial charge >= 0.3 is 0 Å².